The number of thioether (sulfide) groups is 1. The maximum absolute atomic E-state index is 11.6. The molecule has 0 fully saturated rings. The van der Waals surface area contributed by atoms with Crippen LogP contribution in [0.15, 0.2) is 40.3 Å². The topological polar surface area (TPSA) is 60.9 Å². The van der Waals surface area contributed by atoms with Crippen LogP contribution in [0.3, 0.4) is 0 Å². The van der Waals surface area contributed by atoms with Crippen LogP contribution in [0.1, 0.15) is 17.7 Å². The van der Waals surface area contributed by atoms with Crippen molar-refractivity contribution < 1.29 is 0 Å². The van der Waals surface area contributed by atoms with E-state index in [0.29, 0.717) is 12.2 Å². The van der Waals surface area contributed by atoms with E-state index < -0.39 is 0 Å². The Bertz CT molecular complexity index is 632. The van der Waals surface area contributed by atoms with Crippen molar-refractivity contribution in [2.45, 2.75) is 31.8 Å². The molecule has 2 aromatic rings. The van der Waals surface area contributed by atoms with Crippen LogP contribution in [0.25, 0.3) is 0 Å². The third kappa shape index (κ3) is 4.13. The minimum absolute atomic E-state index is 0.00581. The summed E-state index contributed by atoms with van der Waals surface area (Å²) < 4.78 is 1.66. The summed E-state index contributed by atoms with van der Waals surface area (Å²) in [6, 6.07) is 7.29. The average Bonchev–Trinajstić information content (AvgIpc) is 2.37. The third-order valence-electron chi connectivity index (χ3n) is 2.87. The number of aryl methyl sites for hydroxylation is 3. The van der Waals surface area contributed by atoms with Crippen LogP contribution in [0.5, 0.6) is 0 Å². The molecule has 0 radical (unpaired) electrons. The standard InChI is InChI=1S/C15H19N3OS/c1-11-8-12(2)17-14(9-11)20-7-3-6-18-10-13(16)4-5-15(18)19/h4-5,8-10H,3,6-7,16H2,1-2H3. The third-order valence-corrected chi connectivity index (χ3v) is 3.87. The Labute approximate surface area is 123 Å². The summed E-state index contributed by atoms with van der Waals surface area (Å²) in [6.45, 7) is 4.76. The van der Waals surface area contributed by atoms with Gasteiger partial charge in [0, 0.05) is 35.9 Å². The normalized spacial score (nSPS) is 10.7. The fraction of sp³-hybridized carbons (Fsp3) is 0.333. The Kier molecular flexibility index (Phi) is 4.84. The monoisotopic (exact) mass is 289 g/mol. The van der Waals surface area contributed by atoms with Crippen LogP contribution in [0.2, 0.25) is 0 Å². The molecule has 2 rings (SSSR count). The minimum atomic E-state index is -0.00581. The quantitative estimate of drug-likeness (QED) is 0.679. The van der Waals surface area contributed by atoms with Gasteiger partial charge < -0.3 is 10.3 Å². The maximum Gasteiger partial charge on any atom is 0.250 e. The Morgan fingerprint density at radius 2 is 2.10 bits per heavy atom. The molecule has 0 unspecified atom stereocenters. The van der Waals surface area contributed by atoms with E-state index in [1.165, 1.54) is 11.6 Å². The molecule has 0 spiro atoms. The lowest BCUT2D eigenvalue weighted by molar-refractivity contribution is 0.660. The molecular formula is C15H19N3OS. The maximum atomic E-state index is 11.6. The van der Waals surface area contributed by atoms with Gasteiger partial charge >= 0.3 is 0 Å². The van der Waals surface area contributed by atoms with Gasteiger partial charge in [0.2, 0.25) is 0 Å². The summed E-state index contributed by atoms with van der Waals surface area (Å²) in [6.07, 6.45) is 2.60. The van der Waals surface area contributed by atoms with Crippen molar-refractivity contribution in [2.75, 3.05) is 11.5 Å². The molecule has 0 aliphatic heterocycles. The molecule has 0 saturated heterocycles. The minimum Gasteiger partial charge on any atom is -0.398 e. The van der Waals surface area contributed by atoms with Crippen LogP contribution in [-0.4, -0.2) is 15.3 Å². The highest BCUT2D eigenvalue weighted by Crippen LogP contribution is 2.18. The van der Waals surface area contributed by atoms with Crippen molar-refractivity contribution in [3.8, 4) is 0 Å². The highest BCUT2D eigenvalue weighted by Gasteiger charge is 2.00. The SMILES string of the molecule is Cc1cc(C)nc(SCCCn2cc(N)ccc2=O)c1. The number of rotatable bonds is 5. The first-order chi connectivity index (χ1) is 9.54. The largest absolute Gasteiger partial charge is 0.398 e. The Balaban J connectivity index is 1.87. The van der Waals surface area contributed by atoms with E-state index in [-0.39, 0.29) is 5.56 Å². The highest BCUT2D eigenvalue weighted by molar-refractivity contribution is 7.99. The first kappa shape index (κ1) is 14.7. The molecule has 2 heterocycles. The van der Waals surface area contributed by atoms with Crippen LogP contribution >= 0.6 is 11.8 Å². The summed E-state index contributed by atoms with van der Waals surface area (Å²) in [4.78, 5) is 16.1. The molecule has 0 atom stereocenters. The highest BCUT2D eigenvalue weighted by atomic mass is 32.2. The summed E-state index contributed by atoms with van der Waals surface area (Å²) in [7, 11) is 0. The van der Waals surface area contributed by atoms with Crippen LogP contribution in [-0.2, 0) is 6.54 Å². The lowest BCUT2D eigenvalue weighted by Gasteiger charge is -2.07. The molecule has 20 heavy (non-hydrogen) atoms. The molecule has 4 nitrogen and oxygen atoms in total. The van der Waals surface area contributed by atoms with E-state index in [1.54, 1.807) is 28.6 Å². The second-order valence-corrected chi connectivity index (χ2v) is 5.94. The molecule has 106 valence electrons. The predicted octanol–water partition coefficient (Wildman–Crippen LogP) is 2.62. The van der Waals surface area contributed by atoms with Gasteiger partial charge in [0.15, 0.2) is 0 Å². The van der Waals surface area contributed by atoms with Crippen molar-refractivity contribution in [3.05, 3.63) is 52.1 Å². The second-order valence-electron chi connectivity index (χ2n) is 4.82. The molecular weight excluding hydrogens is 270 g/mol. The van der Waals surface area contributed by atoms with Gasteiger partial charge in [0.1, 0.15) is 0 Å². The van der Waals surface area contributed by atoms with Crippen molar-refractivity contribution >= 4 is 17.4 Å². The lowest BCUT2D eigenvalue weighted by atomic mass is 10.3. The van der Waals surface area contributed by atoms with E-state index in [4.69, 9.17) is 5.73 Å². The number of pyridine rings is 2. The average molecular weight is 289 g/mol. The van der Waals surface area contributed by atoms with Crippen LogP contribution in [0.4, 0.5) is 5.69 Å². The van der Waals surface area contributed by atoms with Gasteiger partial charge in [-0.15, -0.1) is 11.8 Å². The number of anilines is 1. The lowest BCUT2D eigenvalue weighted by Crippen LogP contribution is -2.19. The summed E-state index contributed by atoms with van der Waals surface area (Å²) in [5, 5.41) is 1.04. The van der Waals surface area contributed by atoms with Gasteiger partial charge in [-0.1, -0.05) is 0 Å². The smallest absolute Gasteiger partial charge is 0.250 e. The number of nitrogens with two attached hydrogens (primary N) is 1. The van der Waals surface area contributed by atoms with Crippen molar-refractivity contribution in [2.24, 2.45) is 0 Å². The zero-order chi connectivity index (χ0) is 14.5. The van der Waals surface area contributed by atoms with Gasteiger partial charge in [-0.05, 0) is 44.0 Å². The van der Waals surface area contributed by atoms with Crippen molar-refractivity contribution in [1.29, 1.82) is 0 Å². The second kappa shape index (κ2) is 6.61. The molecule has 5 heteroatoms. The predicted molar refractivity (Wildman–Crippen MR) is 84.2 cm³/mol. The van der Waals surface area contributed by atoms with Crippen LogP contribution < -0.4 is 11.3 Å². The fourth-order valence-corrected chi connectivity index (χ4v) is 2.97. The molecule has 0 bridgehead atoms. The molecule has 0 amide bonds. The van der Waals surface area contributed by atoms with Gasteiger partial charge in [-0.2, -0.15) is 0 Å². The molecule has 0 saturated carbocycles. The molecule has 0 aliphatic carbocycles. The molecule has 2 aromatic heterocycles. The van der Waals surface area contributed by atoms with E-state index >= 15 is 0 Å². The number of hydrogen-bond acceptors (Lipinski definition) is 4. The summed E-state index contributed by atoms with van der Waals surface area (Å²) in [5.41, 5.74) is 8.56. The zero-order valence-electron chi connectivity index (χ0n) is 11.8. The van der Waals surface area contributed by atoms with Crippen LogP contribution in [0, 0.1) is 13.8 Å². The first-order valence-corrected chi connectivity index (χ1v) is 7.57. The van der Waals surface area contributed by atoms with Gasteiger partial charge in [0.05, 0.1) is 5.03 Å². The summed E-state index contributed by atoms with van der Waals surface area (Å²) in [5.74, 6) is 0.928. The number of aromatic nitrogens is 2. The van der Waals surface area contributed by atoms with E-state index in [2.05, 4.69) is 24.0 Å². The van der Waals surface area contributed by atoms with Gasteiger partial charge in [-0.25, -0.2) is 4.98 Å². The molecule has 0 aliphatic rings. The Morgan fingerprint density at radius 3 is 2.85 bits per heavy atom. The van der Waals surface area contributed by atoms with E-state index in [0.717, 1.165) is 22.9 Å². The Hall–Kier alpha value is -1.75. The van der Waals surface area contributed by atoms with Crippen molar-refractivity contribution in [3.63, 3.8) is 0 Å². The number of nitrogen functional groups attached to an aromatic ring is 1. The summed E-state index contributed by atoms with van der Waals surface area (Å²) >= 11 is 1.72. The van der Waals surface area contributed by atoms with E-state index in [1.807, 2.05) is 6.92 Å². The Morgan fingerprint density at radius 1 is 1.30 bits per heavy atom. The molecule has 2 N–H and O–H groups in total. The van der Waals surface area contributed by atoms with Gasteiger partial charge in [-0.3, -0.25) is 4.79 Å². The van der Waals surface area contributed by atoms with Gasteiger partial charge in [0.25, 0.3) is 5.56 Å². The number of hydrogen-bond donors (Lipinski definition) is 1. The zero-order valence-corrected chi connectivity index (χ0v) is 12.6. The van der Waals surface area contributed by atoms with E-state index in [9.17, 15) is 4.79 Å². The number of nitrogens with zero attached hydrogens (tertiary/aromatic N) is 2. The molecule has 0 aromatic carbocycles. The fourth-order valence-electron chi connectivity index (χ4n) is 2.01. The van der Waals surface area contributed by atoms with Crippen molar-refractivity contribution in [1.82, 2.24) is 9.55 Å². The first-order valence-electron chi connectivity index (χ1n) is 6.58.